The van der Waals surface area contributed by atoms with Crippen molar-refractivity contribution in [2.75, 3.05) is 19.3 Å². The molecule has 2 aliphatic rings. The second kappa shape index (κ2) is 10.4. The molecule has 3 rings (SSSR count). The number of sulfone groups is 1. The van der Waals surface area contributed by atoms with E-state index in [-0.39, 0.29) is 42.3 Å². The Labute approximate surface area is 190 Å². The summed E-state index contributed by atoms with van der Waals surface area (Å²) in [6.45, 7) is 1.38. The Morgan fingerprint density at radius 1 is 1.03 bits per heavy atom. The van der Waals surface area contributed by atoms with E-state index in [2.05, 4.69) is 14.7 Å². The van der Waals surface area contributed by atoms with E-state index in [9.17, 15) is 26.4 Å². The first kappa shape index (κ1) is 25.5. The quantitative estimate of drug-likeness (QED) is 0.592. The highest BCUT2D eigenvalue weighted by Crippen LogP contribution is 2.28. The normalized spacial score (nSPS) is 23.7. The van der Waals surface area contributed by atoms with Crippen molar-refractivity contribution >= 4 is 15.9 Å². The average Bonchev–Trinajstić information content (AvgIpc) is 2.74. The molecule has 1 amide bonds. The third-order valence-corrected chi connectivity index (χ3v) is 6.69. The molecule has 0 N–H and O–H groups in total. The Kier molecular flexibility index (Phi) is 8.04. The van der Waals surface area contributed by atoms with Crippen LogP contribution in [0.4, 0.5) is 18.0 Å². The Morgan fingerprint density at radius 2 is 1.61 bits per heavy atom. The van der Waals surface area contributed by atoms with Gasteiger partial charge in [-0.25, -0.2) is 23.2 Å². The molecule has 1 atom stereocenters. The largest absolute Gasteiger partial charge is 0.473 e. The number of carbonyl (C=O) groups excluding carboxylic acids is 1. The molecule has 0 unspecified atom stereocenters. The van der Waals surface area contributed by atoms with Crippen LogP contribution in [0.3, 0.4) is 0 Å². The first-order valence-corrected chi connectivity index (χ1v) is 12.7. The Morgan fingerprint density at radius 3 is 2.12 bits per heavy atom. The van der Waals surface area contributed by atoms with Crippen LogP contribution < -0.4 is 4.74 Å². The van der Waals surface area contributed by atoms with Crippen LogP contribution in [0.25, 0.3) is 0 Å². The summed E-state index contributed by atoms with van der Waals surface area (Å²) in [6.07, 6.45) is -0.158. The lowest BCUT2D eigenvalue weighted by molar-refractivity contribution is -0.200. The maximum Gasteiger partial charge on any atom is 0.425 e. The van der Waals surface area contributed by atoms with Crippen LogP contribution in [0, 0.1) is 0 Å². The van der Waals surface area contributed by atoms with Gasteiger partial charge in [0.25, 0.3) is 0 Å². The number of amides is 1. The Balaban J connectivity index is 1.37. The zero-order valence-corrected chi connectivity index (χ0v) is 19.3. The van der Waals surface area contributed by atoms with Crippen molar-refractivity contribution in [3.8, 4) is 5.88 Å². The van der Waals surface area contributed by atoms with Gasteiger partial charge in [-0.3, -0.25) is 0 Å². The highest BCUT2D eigenvalue weighted by Gasteiger charge is 2.40. The van der Waals surface area contributed by atoms with Gasteiger partial charge < -0.3 is 19.1 Å². The van der Waals surface area contributed by atoms with Crippen molar-refractivity contribution in [2.45, 2.75) is 81.1 Å². The van der Waals surface area contributed by atoms with Gasteiger partial charge in [-0.1, -0.05) is 0 Å². The fourth-order valence-corrected chi connectivity index (χ4v) is 4.24. The monoisotopic (exact) mass is 495 g/mol. The van der Waals surface area contributed by atoms with Crippen molar-refractivity contribution < 1.29 is 40.6 Å². The predicted octanol–water partition coefficient (Wildman–Crippen LogP) is 3.14. The molecular weight excluding hydrogens is 467 g/mol. The molecular formula is C20H28F3N3O6S. The van der Waals surface area contributed by atoms with E-state index < -0.39 is 28.2 Å². The lowest BCUT2D eigenvalue weighted by Crippen LogP contribution is -2.44. The fraction of sp³-hybridized carbons (Fsp3) is 0.750. The van der Waals surface area contributed by atoms with Crippen LogP contribution in [-0.4, -0.2) is 79.3 Å². The number of nitrogens with zero attached hydrogens (tertiary/aromatic N) is 3. The number of hydrogen-bond acceptors (Lipinski definition) is 8. The highest BCUT2D eigenvalue weighted by molar-refractivity contribution is 7.90. The minimum atomic E-state index is -4.58. The molecule has 1 aliphatic carbocycles. The lowest BCUT2D eigenvalue weighted by Gasteiger charge is -2.36. The smallest absolute Gasteiger partial charge is 0.425 e. The summed E-state index contributed by atoms with van der Waals surface area (Å²) in [5.74, 6) is 0.269. The number of aromatic nitrogens is 2. The Hall–Kier alpha value is -2.15. The molecule has 186 valence electrons. The summed E-state index contributed by atoms with van der Waals surface area (Å²) < 4.78 is 77.0. The van der Waals surface area contributed by atoms with E-state index in [0.29, 0.717) is 12.8 Å². The summed E-state index contributed by atoms with van der Waals surface area (Å²) in [5, 5.41) is -0.110. The summed E-state index contributed by atoms with van der Waals surface area (Å²) in [7, 11) is -3.41. The molecule has 13 heteroatoms. The van der Waals surface area contributed by atoms with Gasteiger partial charge in [-0.2, -0.15) is 13.2 Å². The van der Waals surface area contributed by atoms with Crippen molar-refractivity contribution in [1.82, 2.24) is 14.9 Å². The summed E-state index contributed by atoms with van der Waals surface area (Å²) >= 11 is 0. The Bertz CT molecular complexity index is 897. The number of likely N-dealkylation sites (tertiary alicyclic amines) is 1. The minimum Gasteiger partial charge on any atom is -0.473 e. The van der Waals surface area contributed by atoms with Gasteiger partial charge in [0.15, 0.2) is 21.0 Å². The van der Waals surface area contributed by atoms with Crippen LogP contribution in [0.15, 0.2) is 17.4 Å². The molecule has 0 bridgehead atoms. The lowest BCUT2D eigenvalue weighted by atomic mass is 9.94. The summed E-state index contributed by atoms with van der Waals surface area (Å²) in [5.41, 5.74) is 0. The molecule has 0 radical (unpaired) electrons. The van der Waals surface area contributed by atoms with Crippen LogP contribution in [0.1, 0.15) is 45.4 Å². The zero-order chi connectivity index (χ0) is 24.2. The maximum absolute atomic E-state index is 12.6. The molecule has 1 aliphatic heterocycles. The van der Waals surface area contributed by atoms with Gasteiger partial charge in [0.1, 0.15) is 6.10 Å². The summed E-state index contributed by atoms with van der Waals surface area (Å²) in [6, 6.07) is 0. The second-order valence-corrected chi connectivity index (χ2v) is 10.3. The second-order valence-electron chi connectivity index (χ2n) is 8.37. The van der Waals surface area contributed by atoms with Gasteiger partial charge in [-0.15, -0.1) is 0 Å². The molecule has 0 spiro atoms. The van der Waals surface area contributed by atoms with E-state index in [4.69, 9.17) is 9.47 Å². The molecule has 1 aromatic heterocycles. The molecule has 2 heterocycles. The van der Waals surface area contributed by atoms with Crippen molar-refractivity contribution in [2.24, 2.45) is 0 Å². The molecule has 1 aromatic rings. The SMILES string of the molecule is C[C@@H](OC(=O)N1CCC(OC2CCC(Oc3cnc(S(C)(=O)=O)cn3)CC2)CC1)C(F)(F)F. The molecule has 1 saturated carbocycles. The van der Waals surface area contributed by atoms with Crippen molar-refractivity contribution in [3.05, 3.63) is 12.4 Å². The van der Waals surface area contributed by atoms with Crippen LogP contribution in [0.5, 0.6) is 5.88 Å². The van der Waals surface area contributed by atoms with Gasteiger partial charge >= 0.3 is 12.3 Å². The molecule has 33 heavy (non-hydrogen) atoms. The van der Waals surface area contributed by atoms with Crippen molar-refractivity contribution in [3.63, 3.8) is 0 Å². The predicted molar refractivity (Wildman–Crippen MR) is 109 cm³/mol. The number of hydrogen-bond donors (Lipinski definition) is 0. The first-order chi connectivity index (χ1) is 15.4. The van der Waals surface area contributed by atoms with E-state index in [0.717, 1.165) is 38.9 Å². The van der Waals surface area contributed by atoms with E-state index >= 15 is 0 Å². The first-order valence-electron chi connectivity index (χ1n) is 10.8. The van der Waals surface area contributed by atoms with E-state index in [1.54, 1.807) is 0 Å². The molecule has 9 nitrogen and oxygen atoms in total. The number of piperidine rings is 1. The maximum atomic E-state index is 12.6. The zero-order valence-electron chi connectivity index (χ0n) is 18.5. The minimum absolute atomic E-state index is 0.0392. The van der Waals surface area contributed by atoms with E-state index in [1.165, 1.54) is 17.3 Å². The highest BCUT2D eigenvalue weighted by atomic mass is 32.2. The fourth-order valence-electron chi connectivity index (χ4n) is 3.75. The molecule has 2 fully saturated rings. The van der Waals surface area contributed by atoms with E-state index in [1.807, 2.05) is 0 Å². The molecule has 0 aromatic carbocycles. The molecule has 1 saturated heterocycles. The van der Waals surface area contributed by atoms with Crippen molar-refractivity contribution in [1.29, 1.82) is 0 Å². The summed E-state index contributed by atoms with van der Waals surface area (Å²) in [4.78, 5) is 21.1. The number of carbonyl (C=O) groups is 1. The van der Waals surface area contributed by atoms with Crippen LogP contribution >= 0.6 is 0 Å². The topological polar surface area (TPSA) is 108 Å². The van der Waals surface area contributed by atoms with Gasteiger partial charge in [0, 0.05) is 19.3 Å². The third-order valence-electron chi connectivity index (χ3n) is 5.72. The third kappa shape index (κ3) is 7.42. The number of halogens is 3. The van der Waals surface area contributed by atoms with Crippen LogP contribution in [0.2, 0.25) is 0 Å². The van der Waals surface area contributed by atoms with Gasteiger partial charge in [0.2, 0.25) is 5.88 Å². The number of ether oxygens (including phenoxy) is 3. The standard InChI is InChI=1S/C20H28F3N3O6S/c1-13(20(21,22)23)30-19(27)26-9-7-16(8-10-26)31-14-3-5-15(6-4-14)32-17-11-25-18(12-24-17)33(2,28)29/h11-16H,3-10H2,1-2H3/t13-,14?,15?/m1/s1. The number of rotatable bonds is 6. The number of alkyl halides is 3. The van der Waals surface area contributed by atoms with Crippen LogP contribution in [-0.2, 0) is 19.3 Å². The average molecular weight is 496 g/mol. The van der Waals surface area contributed by atoms with Gasteiger partial charge in [-0.05, 0) is 45.4 Å². The van der Waals surface area contributed by atoms with Gasteiger partial charge in [0.05, 0.1) is 24.6 Å².